The molecule has 150 valence electrons. The maximum absolute atomic E-state index is 13.3. The van der Waals surface area contributed by atoms with Gasteiger partial charge in [0.2, 0.25) is 5.78 Å². The number of aryl methyl sites for hydroxylation is 2. The van der Waals surface area contributed by atoms with Crippen molar-refractivity contribution < 1.29 is 4.39 Å². The van der Waals surface area contributed by atoms with Gasteiger partial charge in [0, 0.05) is 25.0 Å². The second kappa shape index (κ2) is 6.43. The Balaban J connectivity index is 1.75. The molecule has 0 bridgehead atoms. The highest BCUT2D eigenvalue weighted by Gasteiger charge is 2.25. The van der Waals surface area contributed by atoms with E-state index in [1.165, 1.54) is 34.1 Å². The lowest BCUT2D eigenvalue weighted by molar-refractivity contribution is 0.520. The molecule has 0 radical (unpaired) electrons. The van der Waals surface area contributed by atoms with Crippen LogP contribution in [0.25, 0.3) is 16.9 Å². The molecule has 0 N–H and O–H groups in total. The molecule has 3 aromatic heterocycles. The molecule has 0 unspecified atom stereocenters. The molecule has 29 heavy (non-hydrogen) atoms. The number of benzene rings is 1. The van der Waals surface area contributed by atoms with E-state index >= 15 is 0 Å². The van der Waals surface area contributed by atoms with Crippen molar-refractivity contribution in [3.63, 3.8) is 0 Å². The predicted molar refractivity (Wildman–Crippen MR) is 108 cm³/mol. The van der Waals surface area contributed by atoms with Crippen LogP contribution in [0.5, 0.6) is 0 Å². The number of imidazole rings is 2. The highest BCUT2D eigenvalue weighted by Crippen LogP contribution is 2.33. The second-order valence-corrected chi connectivity index (χ2v) is 7.89. The number of hydrogen-bond donors (Lipinski definition) is 0. The first kappa shape index (κ1) is 17.9. The van der Waals surface area contributed by atoms with Gasteiger partial charge in [-0.3, -0.25) is 18.3 Å². The van der Waals surface area contributed by atoms with Crippen LogP contribution in [0.3, 0.4) is 0 Å². The highest BCUT2D eigenvalue weighted by atomic mass is 19.1. The summed E-state index contributed by atoms with van der Waals surface area (Å²) in [5, 5.41) is 0. The Labute approximate surface area is 165 Å². The maximum Gasteiger partial charge on any atom is 0.332 e. The van der Waals surface area contributed by atoms with Gasteiger partial charge in [0.25, 0.3) is 5.56 Å². The van der Waals surface area contributed by atoms with Crippen molar-refractivity contribution >= 4 is 16.9 Å². The first-order chi connectivity index (χ1) is 14.0. The van der Waals surface area contributed by atoms with Crippen molar-refractivity contribution in [1.82, 2.24) is 23.1 Å². The molecule has 0 saturated heterocycles. The minimum Gasteiger partial charge on any atom is -0.311 e. The highest BCUT2D eigenvalue weighted by molar-refractivity contribution is 5.75. The molecule has 1 fully saturated rings. The molecule has 3 heterocycles. The normalized spacial score (nSPS) is 15.1. The van der Waals surface area contributed by atoms with E-state index in [4.69, 9.17) is 0 Å². The Morgan fingerprint density at radius 1 is 1.14 bits per heavy atom. The van der Waals surface area contributed by atoms with E-state index in [0.29, 0.717) is 28.5 Å². The zero-order valence-electron chi connectivity index (χ0n) is 16.4. The maximum atomic E-state index is 13.3. The van der Waals surface area contributed by atoms with Crippen molar-refractivity contribution in [3.05, 3.63) is 68.4 Å². The Bertz CT molecular complexity index is 1350. The fourth-order valence-electron chi connectivity index (χ4n) is 4.55. The van der Waals surface area contributed by atoms with Gasteiger partial charge in [-0.05, 0) is 37.5 Å². The molecular formula is C21H22FN5O2. The summed E-state index contributed by atoms with van der Waals surface area (Å²) in [7, 11) is 1.63. The number of aromatic nitrogens is 5. The molecule has 5 rings (SSSR count). The van der Waals surface area contributed by atoms with Crippen LogP contribution in [0.4, 0.5) is 4.39 Å². The molecule has 4 aromatic rings. The lowest BCUT2D eigenvalue weighted by atomic mass is 10.2. The molecule has 8 heteroatoms. The summed E-state index contributed by atoms with van der Waals surface area (Å²) in [6.07, 6.45) is 6.51. The van der Waals surface area contributed by atoms with E-state index in [9.17, 15) is 14.0 Å². The fourth-order valence-corrected chi connectivity index (χ4v) is 4.55. The van der Waals surface area contributed by atoms with Crippen LogP contribution in [0, 0.1) is 12.7 Å². The summed E-state index contributed by atoms with van der Waals surface area (Å²) in [5.41, 5.74) is 1.70. The Morgan fingerprint density at radius 3 is 2.52 bits per heavy atom. The van der Waals surface area contributed by atoms with Crippen molar-refractivity contribution in [3.8, 4) is 0 Å². The van der Waals surface area contributed by atoms with E-state index in [2.05, 4.69) is 9.55 Å². The zero-order valence-corrected chi connectivity index (χ0v) is 16.4. The van der Waals surface area contributed by atoms with Crippen LogP contribution in [-0.2, 0) is 13.6 Å². The lowest BCUT2D eigenvalue weighted by Gasteiger charge is -2.13. The Kier molecular flexibility index (Phi) is 3.97. The van der Waals surface area contributed by atoms with Gasteiger partial charge in [-0.1, -0.05) is 25.0 Å². The monoisotopic (exact) mass is 395 g/mol. The van der Waals surface area contributed by atoms with Gasteiger partial charge in [-0.15, -0.1) is 0 Å². The van der Waals surface area contributed by atoms with Crippen molar-refractivity contribution in [1.29, 1.82) is 0 Å². The zero-order chi connectivity index (χ0) is 20.3. The molecule has 1 aliphatic rings. The van der Waals surface area contributed by atoms with Crippen LogP contribution in [0.15, 0.2) is 40.1 Å². The van der Waals surface area contributed by atoms with Gasteiger partial charge >= 0.3 is 5.69 Å². The van der Waals surface area contributed by atoms with E-state index in [1.807, 2.05) is 17.5 Å². The van der Waals surface area contributed by atoms with E-state index in [-0.39, 0.29) is 17.9 Å². The minimum atomic E-state index is -0.434. The van der Waals surface area contributed by atoms with E-state index in [0.717, 1.165) is 18.5 Å². The minimum absolute atomic E-state index is 0.0806. The average molecular weight is 395 g/mol. The number of hydrogen-bond acceptors (Lipinski definition) is 3. The van der Waals surface area contributed by atoms with Gasteiger partial charge in [-0.25, -0.2) is 9.18 Å². The SMILES string of the molecule is Cc1cn2c3c(=O)n(Cc4ccc(F)cc4)c(=O)n(C)c3nc2n1C1CCCC1. The molecule has 1 aromatic carbocycles. The second-order valence-electron chi connectivity index (χ2n) is 7.89. The van der Waals surface area contributed by atoms with Crippen molar-refractivity contribution in [2.24, 2.45) is 7.05 Å². The summed E-state index contributed by atoms with van der Waals surface area (Å²) in [6.45, 7) is 2.11. The van der Waals surface area contributed by atoms with E-state index in [1.54, 1.807) is 19.2 Å². The smallest absolute Gasteiger partial charge is 0.311 e. The summed E-state index contributed by atoms with van der Waals surface area (Å²) in [6, 6.07) is 6.19. The van der Waals surface area contributed by atoms with Crippen molar-refractivity contribution in [2.75, 3.05) is 0 Å². The van der Waals surface area contributed by atoms with Crippen molar-refractivity contribution in [2.45, 2.75) is 45.2 Å². The Morgan fingerprint density at radius 2 is 1.83 bits per heavy atom. The van der Waals surface area contributed by atoms with E-state index < -0.39 is 5.69 Å². The first-order valence-electron chi connectivity index (χ1n) is 9.89. The molecular weight excluding hydrogens is 373 g/mol. The van der Waals surface area contributed by atoms with Crippen LogP contribution in [-0.4, -0.2) is 23.1 Å². The number of halogens is 1. The number of fused-ring (bicyclic) bond motifs is 3. The first-order valence-corrected chi connectivity index (χ1v) is 9.89. The summed E-state index contributed by atoms with van der Waals surface area (Å²) in [5.74, 6) is 0.349. The quantitative estimate of drug-likeness (QED) is 0.536. The predicted octanol–water partition coefficient (Wildman–Crippen LogP) is 2.76. The third-order valence-electron chi connectivity index (χ3n) is 6.01. The van der Waals surface area contributed by atoms with Crippen LogP contribution in [0.1, 0.15) is 43.0 Å². The van der Waals surface area contributed by atoms with Gasteiger partial charge in [0.15, 0.2) is 11.2 Å². The number of nitrogens with zero attached hydrogens (tertiary/aromatic N) is 5. The summed E-state index contributed by atoms with van der Waals surface area (Å²) in [4.78, 5) is 30.9. The number of rotatable bonds is 3. The Hall–Kier alpha value is -3.16. The molecule has 0 amide bonds. The molecule has 0 atom stereocenters. The fraction of sp³-hybridized carbons (Fsp3) is 0.381. The molecule has 0 spiro atoms. The molecule has 7 nitrogen and oxygen atoms in total. The summed E-state index contributed by atoms with van der Waals surface area (Å²) >= 11 is 0. The van der Waals surface area contributed by atoms with Gasteiger partial charge < -0.3 is 4.57 Å². The third-order valence-corrected chi connectivity index (χ3v) is 6.01. The standard InChI is InChI=1S/C21H22FN5O2/c1-13-11-25-17-18(23-20(25)27(13)16-5-3-4-6-16)24(2)21(29)26(19(17)28)12-14-7-9-15(22)10-8-14/h7-11,16H,3-6,12H2,1-2H3. The lowest BCUT2D eigenvalue weighted by Crippen LogP contribution is -2.39. The summed E-state index contributed by atoms with van der Waals surface area (Å²) < 4.78 is 19.8. The largest absolute Gasteiger partial charge is 0.332 e. The van der Waals surface area contributed by atoms with Crippen LogP contribution in [0.2, 0.25) is 0 Å². The third kappa shape index (κ3) is 2.66. The topological polar surface area (TPSA) is 66.2 Å². The van der Waals surface area contributed by atoms with Gasteiger partial charge in [0.05, 0.1) is 6.54 Å². The van der Waals surface area contributed by atoms with Crippen LogP contribution >= 0.6 is 0 Å². The van der Waals surface area contributed by atoms with Gasteiger partial charge in [0.1, 0.15) is 5.82 Å². The molecule has 1 saturated carbocycles. The molecule has 1 aliphatic carbocycles. The van der Waals surface area contributed by atoms with Crippen LogP contribution < -0.4 is 11.2 Å². The molecule has 0 aliphatic heterocycles. The average Bonchev–Trinajstić information content (AvgIpc) is 3.40. The van der Waals surface area contributed by atoms with Gasteiger partial charge in [-0.2, -0.15) is 4.98 Å².